The van der Waals surface area contributed by atoms with Crippen LogP contribution in [0.5, 0.6) is 11.5 Å². The van der Waals surface area contributed by atoms with Gasteiger partial charge in [-0.1, -0.05) is 77.3 Å². The lowest BCUT2D eigenvalue weighted by atomic mass is 9.49. The van der Waals surface area contributed by atoms with Crippen molar-refractivity contribution in [3.05, 3.63) is 165 Å². The number of carbonyl (C=O) groups excluding carboxylic acids is 5. The van der Waals surface area contributed by atoms with Crippen molar-refractivity contribution in [1.29, 1.82) is 0 Å². The van der Waals surface area contributed by atoms with Gasteiger partial charge in [-0.25, -0.2) is 4.39 Å². The number of nitrogens with one attached hydrogen (secondary N) is 1. The number of anilines is 2. The summed E-state index contributed by atoms with van der Waals surface area (Å²) in [6.45, 7) is 0. The molecule has 6 atom stereocenters. The van der Waals surface area contributed by atoms with Crippen LogP contribution in [0, 0.1) is 29.5 Å². The molecule has 2 heterocycles. The highest BCUT2D eigenvalue weighted by atomic mass is 35.5. The molecule has 0 radical (unpaired) electrons. The number of hydrogen-bond acceptors (Lipinski definition) is 8. The van der Waals surface area contributed by atoms with Crippen molar-refractivity contribution in [1.82, 2.24) is 5.01 Å². The number of ketones is 1. The zero-order chi connectivity index (χ0) is 41.3. The monoisotopic (exact) mass is 829 g/mol. The molecule has 4 aliphatic rings. The lowest BCUT2D eigenvalue weighted by Gasteiger charge is -2.50. The molecular formula is C46H34Cl2FN3O7. The first-order valence-corrected chi connectivity index (χ1v) is 19.7. The number of hydrogen-bond donors (Lipinski definition) is 2. The zero-order valence-electron chi connectivity index (χ0n) is 31.3. The van der Waals surface area contributed by atoms with Crippen LogP contribution >= 0.6 is 23.2 Å². The number of ether oxygens (including phenoxy) is 1. The van der Waals surface area contributed by atoms with Gasteiger partial charge in [-0.15, -0.1) is 0 Å². The number of hydrazine groups is 1. The number of amides is 4. The summed E-state index contributed by atoms with van der Waals surface area (Å²) in [6, 6.07) is 30.0. The Morgan fingerprint density at radius 1 is 0.831 bits per heavy atom. The standard InChI is InChI=1S/C46H34Cl2FN3O7/c1-59-37-22-26(21-36(48)41(37)54)39-32-19-20-33-38(44(57)51(42(33)55)31-17-7-25(8-18-31)40(53)24-5-3-2-4-6-24)34(32)23-35-43(56)52(50-30-15-13-29(49)14-16-30)45(58)46(35,39)27-9-11-28(47)12-10-27/h2-19,21-22,33-35,38-39,50,54H,20,23H2,1H3/t33-,34+,35-,38-,39-,46+/m0/s1. The third-order valence-corrected chi connectivity index (χ3v) is 12.8. The summed E-state index contributed by atoms with van der Waals surface area (Å²) in [5, 5.41) is 12.1. The topological polar surface area (TPSA) is 133 Å². The van der Waals surface area contributed by atoms with E-state index in [-0.39, 0.29) is 40.8 Å². The lowest BCUT2D eigenvalue weighted by Crippen LogP contribution is -2.53. The Morgan fingerprint density at radius 3 is 2.19 bits per heavy atom. The fourth-order valence-corrected chi connectivity index (χ4v) is 10.1. The molecule has 2 N–H and O–H groups in total. The number of phenols is 1. The largest absolute Gasteiger partial charge is 0.503 e. The van der Waals surface area contributed by atoms with Gasteiger partial charge in [0, 0.05) is 22.1 Å². The molecule has 0 aromatic heterocycles. The average Bonchev–Trinajstić information content (AvgIpc) is 3.63. The van der Waals surface area contributed by atoms with Gasteiger partial charge >= 0.3 is 0 Å². The number of halogens is 3. The molecule has 1 saturated carbocycles. The Balaban J connectivity index is 1.17. The molecule has 2 aliphatic heterocycles. The summed E-state index contributed by atoms with van der Waals surface area (Å²) in [6.07, 6.45) is 2.06. The maximum atomic E-state index is 15.4. The van der Waals surface area contributed by atoms with E-state index in [2.05, 4.69) is 5.43 Å². The van der Waals surface area contributed by atoms with E-state index in [9.17, 15) is 28.7 Å². The van der Waals surface area contributed by atoms with Crippen LogP contribution in [0.1, 0.15) is 45.8 Å². The van der Waals surface area contributed by atoms with E-state index in [1.54, 1.807) is 78.9 Å². The third kappa shape index (κ3) is 5.93. The first kappa shape index (κ1) is 38.2. The van der Waals surface area contributed by atoms with Gasteiger partial charge in [0.25, 0.3) is 11.8 Å². The number of allylic oxidation sites excluding steroid dienone is 2. The van der Waals surface area contributed by atoms with Crippen LogP contribution in [0.3, 0.4) is 0 Å². The maximum absolute atomic E-state index is 15.4. The van der Waals surface area contributed by atoms with Gasteiger partial charge in [0.1, 0.15) is 5.82 Å². The van der Waals surface area contributed by atoms with Gasteiger partial charge in [0.15, 0.2) is 17.3 Å². The molecule has 3 fully saturated rings. The van der Waals surface area contributed by atoms with Gasteiger partial charge in [0.2, 0.25) is 11.8 Å². The highest BCUT2D eigenvalue weighted by Gasteiger charge is 2.70. The molecule has 9 rings (SSSR count). The fraction of sp³-hybridized carbons (Fsp3) is 0.196. The van der Waals surface area contributed by atoms with Crippen molar-refractivity contribution >= 4 is 64.0 Å². The number of nitrogens with zero attached hydrogens (tertiary/aromatic N) is 2. The van der Waals surface area contributed by atoms with Crippen molar-refractivity contribution in [3.8, 4) is 11.5 Å². The quantitative estimate of drug-likeness (QED) is 0.0908. The van der Waals surface area contributed by atoms with Gasteiger partial charge in [0.05, 0.1) is 46.7 Å². The SMILES string of the molecule is COc1cc([C@H]2C3=CC[C@@H]4C(=O)N(c5ccc(C(=O)c6ccccc6)cc5)C(=O)[C@@H]4[C@@H]3C[C@H]3C(=O)N(Nc4ccc(F)cc4)C(=O)[C@@]23c2ccc(Cl)cc2)cc(Cl)c1O. The van der Waals surface area contributed by atoms with Crippen molar-refractivity contribution < 1.29 is 38.2 Å². The minimum atomic E-state index is -1.67. The first-order valence-electron chi connectivity index (χ1n) is 18.9. The highest BCUT2D eigenvalue weighted by Crippen LogP contribution is 2.65. The summed E-state index contributed by atoms with van der Waals surface area (Å²) in [5.74, 6) is -7.56. The van der Waals surface area contributed by atoms with Crippen LogP contribution in [0.2, 0.25) is 10.0 Å². The summed E-state index contributed by atoms with van der Waals surface area (Å²) < 4.78 is 19.5. The molecular weight excluding hydrogens is 796 g/mol. The molecule has 13 heteroatoms. The van der Waals surface area contributed by atoms with Crippen molar-refractivity contribution in [3.63, 3.8) is 0 Å². The summed E-state index contributed by atoms with van der Waals surface area (Å²) in [4.78, 5) is 73.7. The molecule has 2 aliphatic carbocycles. The van der Waals surface area contributed by atoms with Gasteiger partial charge < -0.3 is 9.84 Å². The second-order valence-electron chi connectivity index (χ2n) is 15.2. The van der Waals surface area contributed by atoms with Gasteiger partial charge in [-0.2, -0.15) is 5.01 Å². The molecule has 0 spiro atoms. The van der Waals surface area contributed by atoms with E-state index in [4.69, 9.17) is 27.9 Å². The van der Waals surface area contributed by atoms with Crippen molar-refractivity contribution in [2.45, 2.75) is 24.2 Å². The number of methoxy groups -OCH3 is 1. The van der Waals surface area contributed by atoms with E-state index in [0.717, 1.165) is 9.91 Å². The lowest BCUT2D eigenvalue weighted by molar-refractivity contribution is -0.138. The second kappa shape index (κ2) is 14.5. The van der Waals surface area contributed by atoms with Crippen molar-refractivity contribution in [2.75, 3.05) is 17.4 Å². The Hall–Kier alpha value is -6.30. The minimum absolute atomic E-state index is 0.0125. The number of rotatable bonds is 8. The number of phenolic OH excluding ortho intramolecular Hbond substituents is 1. The van der Waals surface area contributed by atoms with Crippen molar-refractivity contribution in [2.24, 2.45) is 23.7 Å². The number of aromatic hydroxyl groups is 1. The van der Waals surface area contributed by atoms with E-state index in [1.165, 1.54) is 37.4 Å². The molecule has 4 amide bonds. The Kier molecular flexibility index (Phi) is 9.40. The first-order chi connectivity index (χ1) is 28.4. The normalized spacial score (nSPS) is 24.7. The Labute approximate surface area is 347 Å². The number of benzene rings is 5. The fourth-order valence-electron chi connectivity index (χ4n) is 9.72. The van der Waals surface area contributed by atoms with E-state index in [1.807, 2.05) is 12.1 Å². The highest BCUT2D eigenvalue weighted by molar-refractivity contribution is 6.32. The van der Waals surface area contributed by atoms with Gasteiger partial charge in [-0.05, 0) is 103 Å². The van der Waals surface area contributed by atoms with E-state index >= 15 is 4.79 Å². The van der Waals surface area contributed by atoms with E-state index < -0.39 is 64.5 Å². The number of carbonyl (C=O) groups is 5. The van der Waals surface area contributed by atoms with Crippen LogP contribution in [-0.2, 0) is 24.6 Å². The van der Waals surface area contributed by atoms with Crippen LogP contribution in [0.15, 0.2) is 127 Å². The molecule has 296 valence electrons. The van der Waals surface area contributed by atoms with Gasteiger partial charge in [-0.3, -0.25) is 34.3 Å². The molecule has 5 aromatic rings. The van der Waals surface area contributed by atoms with Crippen LogP contribution in [-0.4, -0.2) is 46.6 Å². The minimum Gasteiger partial charge on any atom is -0.503 e. The van der Waals surface area contributed by atoms with Crippen LogP contribution in [0.25, 0.3) is 0 Å². The second-order valence-corrected chi connectivity index (χ2v) is 16.0. The zero-order valence-corrected chi connectivity index (χ0v) is 32.8. The predicted octanol–water partition coefficient (Wildman–Crippen LogP) is 8.27. The molecule has 2 saturated heterocycles. The van der Waals surface area contributed by atoms with Crippen LogP contribution in [0.4, 0.5) is 15.8 Å². The molecule has 5 aromatic carbocycles. The predicted molar refractivity (Wildman–Crippen MR) is 218 cm³/mol. The summed E-state index contributed by atoms with van der Waals surface area (Å²) >= 11 is 13.0. The molecule has 0 unspecified atom stereocenters. The average molecular weight is 831 g/mol. The smallest absolute Gasteiger partial charge is 0.260 e. The third-order valence-electron chi connectivity index (χ3n) is 12.3. The summed E-state index contributed by atoms with van der Waals surface area (Å²) in [7, 11) is 1.36. The molecule has 59 heavy (non-hydrogen) atoms. The molecule has 10 nitrogen and oxygen atoms in total. The van der Waals surface area contributed by atoms with E-state index in [0.29, 0.717) is 38.5 Å². The molecule has 0 bridgehead atoms. The Bertz CT molecular complexity index is 2600. The summed E-state index contributed by atoms with van der Waals surface area (Å²) in [5.41, 5.74) is 4.27. The Morgan fingerprint density at radius 2 is 1.51 bits per heavy atom. The maximum Gasteiger partial charge on any atom is 0.260 e. The number of imide groups is 2. The number of fused-ring (bicyclic) bond motifs is 4. The van der Waals surface area contributed by atoms with Crippen LogP contribution < -0.4 is 15.1 Å².